The van der Waals surface area contributed by atoms with Gasteiger partial charge >= 0.3 is 0 Å². The van der Waals surface area contributed by atoms with Crippen LogP contribution in [0.4, 0.5) is 5.69 Å². The van der Waals surface area contributed by atoms with E-state index in [-0.39, 0.29) is 17.6 Å². The second-order valence-electron chi connectivity index (χ2n) is 6.39. The SMILES string of the molecule is COc1cccc(N2C(=O)/C(=C\c3ccc(-c4ccc(OC)c(Cl)c4)o3)N=C2N)c1. The molecule has 1 amide bonds. The fraction of sp³-hybridized carbons (Fsp3) is 0.0909. The first kappa shape index (κ1) is 19.6. The number of amides is 1. The molecule has 3 aromatic rings. The molecule has 0 fully saturated rings. The Bertz CT molecular complexity index is 1180. The van der Waals surface area contributed by atoms with Crippen molar-refractivity contribution in [2.24, 2.45) is 10.7 Å². The second-order valence-corrected chi connectivity index (χ2v) is 6.80. The van der Waals surface area contributed by atoms with E-state index in [9.17, 15) is 4.79 Å². The summed E-state index contributed by atoms with van der Waals surface area (Å²) in [5.74, 6) is 1.97. The van der Waals surface area contributed by atoms with Crippen LogP contribution in [0.1, 0.15) is 5.76 Å². The van der Waals surface area contributed by atoms with Gasteiger partial charge in [0.1, 0.15) is 28.7 Å². The number of methoxy groups -OCH3 is 2. The fourth-order valence-corrected chi connectivity index (χ4v) is 3.33. The number of guanidine groups is 1. The van der Waals surface area contributed by atoms with Crippen LogP contribution >= 0.6 is 11.6 Å². The van der Waals surface area contributed by atoms with Gasteiger partial charge in [-0.3, -0.25) is 4.79 Å². The van der Waals surface area contributed by atoms with E-state index in [1.54, 1.807) is 68.8 Å². The molecule has 4 rings (SSSR count). The lowest BCUT2D eigenvalue weighted by Gasteiger charge is -2.15. The number of furan rings is 1. The average molecular weight is 424 g/mol. The summed E-state index contributed by atoms with van der Waals surface area (Å²) >= 11 is 6.19. The lowest BCUT2D eigenvalue weighted by atomic mass is 10.2. The van der Waals surface area contributed by atoms with Gasteiger partial charge in [-0.15, -0.1) is 0 Å². The quantitative estimate of drug-likeness (QED) is 0.617. The van der Waals surface area contributed by atoms with Crippen LogP contribution in [0.5, 0.6) is 11.5 Å². The van der Waals surface area contributed by atoms with Gasteiger partial charge in [-0.1, -0.05) is 17.7 Å². The number of carbonyl (C=O) groups excluding carboxylic acids is 1. The summed E-state index contributed by atoms with van der Waals surface area (Å²) < 4.78 is 16.2. The second kappa shape index (κ2) is 7.96. The van der Waals surface area contributed by atoms with Crippen LogP contribution in [0.3, 0.4) is 0 Å². The predicted octanol–water partition coefficient (Wildman–Crippen LogP) is 4.32. The van der Waals surface area contributed by atoms with Crippen LogP contribution in [0.25, 0.3) is 17.4 Å². The molecule has 2 heterocycles. The first-order valence-electron chi connectivity index (χ1n) is 8.98. The molecule has 1 aliphatic heterocycles. The number of anilines is 1. The van der Waals surface area contributed by atoms with Gasteiger partial charge in [0, 0.05) is 17.7 Å². The highest BCUT2D eigenvalue weighted by Gasteiger charge is 2.30. The monoisotopic (exact) mass is 423 g/mol. The number of rotatable bonds is 5. The summed E-state index contributed by atoms with van der Waals surface area (Å²) in [5.41, 5.74) is 7.51. The molecule has 1 aromatic heterocycles. The van der Waals surface area contributed by atoms with Crippen molar-refractivity contribution in [3.8, 4) is 22.8 Å². The summed E-state index contributed by atoms with van der Waals surface area (Å²) in [6.45, 7) is 0. The third-order valence-electron chi connectivity index (χ3n) is 4.54. The molecule has 0 bridgehead atoms. The van der Waals surface area contributed by atoms with Crippen LogP contribution in [0, 0.1) is 0 Å². The van der Waals surface area contributed by atoms with Crippen molar-refractivity contribution in [3.05, 3.63) is 71.1 Å². The van der Waals surface area contributed by atoms with Gasteiger partial charge in [0.15, 0.2) is 0 Å². The zero-order valence-corrected chi connectivity index (χ0v) is 17.0. The van der Waals surface area contributed by atoms with E-state index < -0.39 is 0 Å². The molecule has 0 spiro atoms. The largest absolute Gasteiger partial charge is 0.497 e. The Kier molecular flexibility index (Phi) is 5.20. The van der Waals surface area contributed by atoms with Crippen LogP contribution < -0.4 is 20.1 Å². The Labute approximate surface area is 178 Å². The van der Waals surface area contributed by atoms with Crippen molar-refractivity contribution in [1.82, 2.24) is 0 Å². The standard InChI is InChI=1S/C22H18ClN3O4/c1-28-15-5-3-4-14(11-15)26-21(27)18(25-22(26)24)12-16-7-9-19(30-16)13-6-8-20(29-2)17(23)10-13/h3-12H,1-2H3,(H2,24,25)/b18-12+. The molecule has 152 valence electrons. The number of ether oxygens (including phenoxy) is 2. The average Bonchev–Trinajstić information content (AvgIpc) is 3.32. The summed E-state index contributed by atoms with van der Waals surface area (Å²) in [7, 11) is 3.11. The minimum absolute atomic E-state index is 0.0771. The fourth-order valence-electron chi connectivity index (χ4n) is 3.07. The number of benzene rings is 2. The lowest BCUT2D eigenvalue weighted by Crippen LogP contribution is -2.37. The molecular weight excluding hydrogens is 406 g/mol. The highest BCUT2D eigenvalue weighted by molar-refractivity contribution is 6.32. The van der Waals surface area contributed by atoms with Gasteiger partial charge in [0.2, 0.25) is 5.96 Å². The maximum atomic E-state index is 12.9. The van der Waals surface area contributed by atoms with E-state index in [0.717, 1.165) is 5.56 Å². The van der Waals surface area contributed by atoms with Crippen molar-refractivity contribution >= 4 is 35.2 Å². The molecule has 2 aromatic carbocycles. The summed E-state index contributed by atoms with van der Waals surface area (Å²) in [5, 5.41) is 0.476. The van der Waals surface area contributed by atoms with Gasteiger partial charge in [0.25, 0.3) is 5.91 Å². The minimum atomic E-state index is -0.355. The Morgan fingerprint density at radius 2 is 1.93 bits per heavy atom. The maximum absolute atomic E-state index is 12.9. The van der Waals surface area contributed by atoms with Crippen LogP contribution in [-0.2, 0) is 4.79 Å². The molecule has 0 atom stereocenters. The molecule has 1 aliphatic rings. The molecule has 8 heteroatoms. The maximum Gasteiger partial charge on any atom is 0.284 e. The van der Waals surface area contributed by atoms with E-state index >= 15 is 0 Å². The topological polar surface area (TPSA) is 90.3 Å². The number of hydrogen-bond acceptors (Lipinski definition) is 6. The van der Waals surface area contributed by atoms with Crippen molar-refractivity contribution < 1.29 is 18.7 Å². The Morgan fingerprint density at radius 1 is 1.10 bits per heavy atom. The zero-order valence-electron chi connectivity index (χ0n) is 16.3. The molecule has 0 unspecified atom stereocenters. The Morgan fingerprint density at radius 3 is 2.67 bits per heavy atom. The molecule has 0 saturated heterocycles. The smallest absolute Gasteiger partial charge is 0.284 e. The number of carbonyl (C=O) groups is 1. The Hall–Kier alpha value is -3.71. The molecule has 0 saturated carbocycles. The van der Waals surface area contributed by atoms with E-state index in [4.69, 9.17) is 31.2 Å². The first-order valence-corrected chi connectivity index (χ1v) is 9.36. The number of aliphatic imine (C=N–C) groups is 1. The number of nitrogens with two attached hydrogens (primary N) is 1. The number of hydrogen-bond donors (Lipinski definition) is 1. The first-order chi connectivity index (χ1) is 14.5. The van der Waals surface area contributed by atoms with Gasteiger partial charge < -0.3 is 19.6 Å². The zero-order chi connectivity index (χ0) is 21.3. The van der Waals surface area contributed by atoms with Crippen LogP contribution in [-0.4, -0.2) is 26.1 Å². The van der Waals surface area contributed by atoms with E-state index in [2.05, 4.69) is 4.99 Å². The highest BCUT2D eigenvalue weighted by Crippen LogP contribution is 2.32. The van der Waals surface area contributed by atoms with E-state index in [1.165, 1.54) is 4.90 Å². The highest BCUT2D eigenvalue weighted by atomic mass is 35.5. The molecule has 0 aliphatic carbocycles. The third-order valence-corrected chi connectivity index (χ3v) is 4.84. The van der Waals surface area contributed by atoms with Gasteiger partial charge in [0.05, 0.1) is 24.9 Å². The number of halogens is 1. The molecule has 2 N–H and O–H groups in total. The molecule has 30 heavy (non-hydrogen) atoms. The third kappa shape index (κ3) is 3.62. The summed E-state index contributed by atoms with van der Waals surface area (Å²) in [6.07, 6.45) is 1.55. The van der Waals surface area contributed by atoms with Crippen molar-refractivity contribution in [2.45, 2.75) is 0 Å². The lowest BCUT2D eigenvalue weighted by molar-refractivity contribution is -0.113. The normalized spacial score (nSPS) is 14.9. The number of nitrogens with zero attached hydrogens (tertiary/aromatic N) is 2. The van der Waals surface area contributed by atoms with Gasteiger partial charge in [-0.2, -0.15) is 0 Å². The van der Waals surface area contributed by atoms with Crippen molar-refractivity contribution in [1.29, 1.82) is 0 Å². The Balaban J connectivity index is 1.60. The predicted molar refractivity (Wildman–Crippen MR) is 116 cm³/mol. The summed E-state index contributed by atoms with van der Waals surface area (Å²) in [6, 6.07) is 15.9. The van der Waals surface area contributed by atoms with Gasteiger partial charge in [-0.25, -0.2) is 9.89 Å². The molecule has 0 radical (unpaired) electrons. The molecular formula is C22H18ClN3O4. The van der Waals surface area contributed by atoms with Crippen LogP contribution in [0.15, 0.2) is 69.7 Å². The summed E-state index contributed by atoms with van der Waals surface area (Å²) in [4.78, 5) is 18.4. The molecule has 7 nitrogen and oxygen atoms in total. The van der Waals surface area contributed by atoms with E-state index in [1.807, 2.05) is 6.07 Å². The minimum Gasteiger partial charge on any atom is -0.497 e. The van der Waals surface area contributed by atoms with E-state index in [0.29, 0.717) is 33.7 Å². The van der Waals surface area contributed by atoms with Crippen molar-refractivity contribution in [3.63, 3.8) is 0 Å². The van der Waals surface area contributed by atoms with Crippen molar-refractivity contribution in [2.75, 3.05) is 19.1 Å². The van der Waals surface area contributed by atoms with Gasteiger partial charge in [-0.05, 0) is 42.5 Å². The van der Waals surface area contributed by atoms with Crippen LogP contribution in [0.2, 0.25) is 5.02 Å².